The lowest BCUT2D eigenvalue weighted by Crippen LogP contribution is -2.53. The van der Waals surface area contributed by atoms with Crippen LogP contribution in [0.15, 0.2) is 42.9 Å². The number of carbonyl (C=O) groups is 3. The van der Waals surface area contributed by atoms with E-state index in [4.69, 9.17) is 4.74 Å². The summed E-state index contributed by atoms with van der Waals surface area (Å²) in [7, 11) is 1.58. The van der Waals surface area contributed by atoms with Crippen LogP contribution >= 0.6 is 0 Å². The number of aromatic nitrogens is 2. The molecule has 1 atom stereocenters. The van der Waals surface area contributed by atoms with Crippen molar-refractivity contribution in [2.45, 2.75) is 38.3 Å². The first-order chi connectivity index (χ1) is 15.0. The van der Waals surface area contributed by atoms with E-state index >= 15 is 0 Å². The molecule has 1 fully saturated rings. The van der Waals surface area contributed by atoms with E-state index in [-0.39, 0.29) is 23.8 Å². The Morgan fingerprint density at radius 3 is 2.65 bits per heavy atom. The first-order valence-electron chi connectivity index (χ1n) is 10.2. The van der Waals surface area contributed by atoms with Gasteiger partial charge in [0.15, 0.2) is 0 Å². The number of rotatable bonds is 7. The van der Waals surface area contributed by atoms with Gasteiger partial charge >= 0.3 is 0 Å². The van der Waals surface area contributed by atoms with E-state index in [2.05, 4.69) is 20.6 Å². The molecule has 9 heteroatoms. The van der Waals surface area contributed by atoms with Crippen LogP contribution < -0.4 is 15.4 Å². The summed E-state index contributed by atoms with van der Waals surface area (Å²) in [5, 5.41) is 5.75. The smallest absolute Gasteiger partial charge is 0.274 e. The summed E-state index contributed by atoms with van der Waals surface area (Å²) in [6, 6.07) is 6.65. The van der Waals surface area contributed by atoms with Crippen molar-refractivity contribution >= 4 is 17.7 Å². The van der Waals surface area contributed by atoms with Gasteiger partial charge in [0.2, 0.25) is 11.8 Å². The highest BCUT2D eigenvalue weighted by Crippen LogP contribution is 2.16. The van der Waals surface area contributed by atoms with Crippen molar-refractivity contribution in [1.82, 2.24) is 25.5 Å². The Kier molecular flexibility index (Phi) is 7.53. The van der Waals surface area contributed by atoms with Crippen LogP contribution in [0.4, 0.5) is 0 Å². The van der Waals surface area contributed by atoms with Gasteiger partial charge in [-0.1, -0.05) is 12.1 Å². The Morgan fingerprint density at radius 1 is 1.23 bits per heavy atom. The highest BCUT2D eigenvalue weighted by Gasteiger charge is 2.28. The lowest BCUT2D eigenvalue weighted by atomic mass is 10.0. The Hall–Kier alpha value is -3.49. The van der Waals surface area contributed by atoms with Crippen molar-refractivity contribution in [3.05, 3.63) is 54.1 Å². The predicted molar refractivity (Wildman–Crippen MR) is 113 cm³/mol. The lowest BCUT2D eigenvalue weighted by Gasteiger charge is -2.33. The van der Waals surface area contributed by atoms with E-state index in [1.54, 1.807) is 12.0 Å². The lowest BCUT2D eigenvalue weighted by molar-refractivity contribution is -0.128. The molecule has 0 spiro atoms. The Bertz CT molecular complexity index is 913. The molecule has 0 aliphatic carbocycles. The number of amides is 3. The highest BCUT2D eigenvalue weighted by atomic mass is 16.5. The van der Waals surface area contributed by atoms with Crippen molar-refractivity contribution in [3.63, 3.8) is 0 Å². The van der Waals surface area contributed by atoms with E-state index in [1.165, 1.54) is 25.5 Å². The van der Waals surface area contributed by atoms with Crippen LogP contribution in [0.25, 0.3) is 0 Å². The third-order valence-electron chi connectivity index (χ3n) is 5.18. The van der Waals surface area contributed by atoms with Crippen LogP contribution in [-0.4, -0.2) is 64.9 Å². The third kappa shape index (κ3) is 6.24. The van der Waals surface area contributed by atoms with Crippen molar-refractivity contribution in [1.29, 1.82) is 0 Å². The van der Waals surface area contributed by atoms with E-state index in [0.29, 0.717) is 43.8 Å². The van der Waals surface area contributed by atoms with Crippen LogP contribution in [0.3, 0.4) is 0 Å². The predicted octanol–water partition coefficient (Wildman–Crippen LogP) is 0.953. The maximum atomic E-state index is 12.9. The topological polar surface area (TPSA) is 114 Å². The second-order valence-corrected chi connectivity index (χ2v) is 7.47. The summed E-state index contributed by atoms with van der Waals surface area (Å²) in [6.45, 7) is 2.42. The first-order valence-corrected chi connectivity index (χ1v) is 10.2. The van der Waals surface area contributed by atoms with Gasteiger partial charge in [-0.2, -0.15) is 0 Å². The van der Waals surface area contributed by atoms with Gasteiger partial charge in [0.25, 0.3) is 5.91 Å². The molecule has 1 aromatic carbocycles. The molecule has 2 aromatic rings. The number of likely N-dealkylation sites (tertiary alicyclic amines) is 1. The second-order valence-electron chi connectivity index (χ2n) is 7.47. The summed E-state index contributed by atoms with van der Waals surface area (Å²) in [6.07, 6.45) is 6.08. The number of ether oxygens (including phenoxy) is 1. The molecular weight excluding hydrogens is 398 g/mol. The van der Waals surface area contributed by atoms with Crippen molar-refractivity contribution in [3.8, 4) is 5.75 Å². The standard InChI is InChI=1S/C22H27N5O4/c1-15(28)25-19(13-16-4-3-5-18(12-16)31-2)21(29)26-17-6-10-27(11-7-17)22(30)20-14-23-8-9-24-20/h3-5,8-9,12,14,17,19H,6-7,10-11,13H2,1-2H3,(H,25,28)(H,26,29)/t19-/m0/s1. The van der Waals surface area contributed by atoms with Gasteiger partial charge in [0.1, 0.15) is 17.5 Å². The van der Waals surface area contributed by atoms with Gasteiger partial charge in [-0.3, -0.25) is 19.4 Å². The second kappa shape index (κ2) is 10.5. The van der Waals surface area contributed by atoms with Gasteiger partial charge < -0.3 is 20.3 Å². The van der Waals surface area contributed by atoms with Gasteiger partial charge in [0, 0.05) is 44.9 Å². The molecular formula is C22H27N5O4. The zero-order valence-electron chi connectivity index (χ0n) is 17.7. The van der Waals surface area contributed by atoms with Gasteiger partial charge in [-0.05, 0) is 30.5 Å². The molecule has 2 N–H and O–H groups in total. The normalized spacial score (nSPS) is 15.1. The molecule has 0 saturated carbocycles. The molecule has 3 rings (SSSR count). The number of piperidine rings is 1. The first kappa shape index (κ1) is 22.2. The molecule has 1 aliphatic heterocycles. The summed E-state index contributed by atoms with van der Waals surface area (Å²) in [5.41, 5.74) is 1.20. The van der Waals surface area contributed by atoms with Gasteiger partial charge in [0.05, 0.1) is 13.3 Å². The SMILES string of the molecule is COc1cccc(C[C@H](NC(C)=O)C(=O)NC2CCN(C(=O)c3cnccn3)CC2)c1. The van der Waals surface area contributed by atoms with Crippen LogP contribution in [-0.2, 0) is 16.0 Å². The van der Waals surface area contributed by atoms with E-state index in [0.717, 1.165) is 5.56 Å². The Morgan fingerprint density at radius 2 is 2.00 bits per heavy atom. The minimum Gasteiger partial charge on any atom is -0.497 e. The summed E-state index contributed by atoms with van der Waals surface area (Å²) < 4.78 is 5.23. The molecule has 164 valence electrons. The fraction of sp³-hybridized carbons (Fsp3) is 0.409. The number of hydrogen-bond donors (Lipinski definition) is 2. The van der Waals surface area contributed by atoms with Crippen LogP contribution in [0.1, 0.15) is 35.8 Å². The van der Waals surface area contributed by atoms with E-state index in [1.807, 2.05) is 24.3 Å². The number of methoxy groups -OCH3 is 1. The average Bonchev–Trinajstić information content (AvgIpc) is 2.79. The number of benzene rings is 1. The van der Waals surface area contributed by atoms with Crippen LogP contribution in [0, 0.1) is 0 Å². The van der Waals surface area contributed by atoms with E-state index < -0.39 is 6.04 Å². The highest BCUT2D eigenvalue weighted by molar-refractivity contribution is 5.92. The third-order valence-corrected chi connectivity index (χ3v) is 5.18. The number of nitrogens with one attached hydrogen (secondary N) is 2. The minimum atomic E-state index is -0.691. The van der Waals surface area contributed by atoms with Gasteiger partial charge in [-0.25, -0.2) is 4.98 Å². The van der Waals surface area contributed by atoms with Crippen LogP contribution in [0.5, 0.6) is 5.75 Å². The minimum absolute atomic E-state index is 0.0695. The summed E-state index contributed by atoms with van der Waals surface area (Å²) >= 11 is 0. The molecule has 0 radical (unpaired) electrons. The quantitative estimate of drug-likeness (QED) is 0.683. The Labute approximate surface area is 181 Å². The number of hydrogen-bond acceptors (Lipinski definition) is 6. The largest absolute Gasteiger partial charge is 0.497 e. The molecule has 0 bridgehead atoms. The summed E-state index contributed by atoms with van der Waals surface area (Å²) in [5.74, 6) is 0.0239. The maximum absolute atomic E-state index is 12.9. The molecule has 1 aliphatic rings. The van der Waals surface area contributed by atoms with Crippen molar-refractivity contribution in [2.24, 2.45) is 0 Å². The average molecular weight is 425 g/mol. The molecule has 3 amide bonds. The number of nitrogens with zero attached hydrogens (tertiary/aromatic N) is 3. The maximum Gasteiger partial charge on any atom is 0.274 e. The Balaban J connectivity index is 1.56. The molecule has 1 saturated heterocycles. The van der Waals surface area contributed by atoms with Crippen molar-refractivity contribution < 1.29 is 19.1 Å². The van der Waals surface area contributed by atoms with E-state index in [9.17, 15) is 14.4 Å². The zero-order valence-corrected chi connectivity index (χ0v) is 17.7. The zero-order chi connectivity index (χ0) is 22.2. The molecule has 1 aromatic heterocycles. The van der Waals surface area contributed by atoms with Crippen molar-refractivity contribution in [2.75, 3.05) is 20.2 Å². The molecule has 0 unspecified atom stereocenters. The summed E-state index contributed by atoms with van der Waals surface area (Å²) in [4.78, 5) is 46.7. The van der Waals surface area contributed by atoms with Gasteiger partial charge in [-0.15, -0.1) is 0 Å². The molecule has 31 heavy (non-hydrogen) atoms. The monoisotopic (exact) mass is 425 g/mol. The number of carbonyl (C=O) groups excluding carboxylic acids is 3. The van der Waals surface area contributed by atoms with Crippen LogP contribution in [0.2, 0.25) is 0 Å². The fourth-order valence-electron chi connectivity index (χ4n) is 3.59. The molecule has 2 heterocycles. The fourth-order valence-corrected chi connectivity index (χ4v) is 3.59. The molecule has 9 nitrogen and oxygen atoms in total.